The topological polar surface area (TPSA) is 91.0 Å². The van der Waals surface area contributed by atoms with Gasteiger partial charge in [-0.05, 0) is 29.7 Å². The van der Waals surface area contributed by atoms with E-state index >= 15 is 0 Å². The Morgan fingerprint density at radius 1 is 1.09 bits per heavy atom. The summed E-state index contributed by atoms with van der Waals surface area (Å²) >= 11 is 0. The van der Waals surface area contributed by atoms with Crippen molar-refractivity contribution in [3.63, 3.8) is 0 Å². The monoisotopic (exact) mass is 452 g/mol. The molecule has 2 aromatic carbocycles. The third-order valence-electron chi connectivity index (χ3n) is 6.25. The molecule has 5 rings (SSSR count). The van der Waals surface area contributed by atoms with Crippen LogP contribution in [0.1, 0.15) is 45.4 Å². The van der Waals surface area contributed by atoms with Crippen LogP contribution in [-0.2, 0) is 34.0 Å². The summed E-state index contributed by atoms with van der Waals surface area (Å²) in [6, 6.07) is 4.17. The quantitative estimate of drug-likeness (QED) is 0.651. The van der Waals surface area contributed by atoms with E-state index in [1.165, 1.54) is 4.90 Å². The number of fused-ring (bicyclic) bond motifs is 1. The summed E-state index contributed by atoms with van der Waals surface area (Å²) in [5, 5.41) is 5.49. The molecular formula is C25H28N4O4. The summed E-state index contributed by atoms with van der Waals surface area (Å²) in [6.45, 7) is 3.07. The number of morpholine rings is 1. The minimum absolute atomic E-state index is 0.0380. The summed E-state index contributed by atoms with van der Waals surface area (Å²) in [4.78, 5) is 40.5. The molecule has 2 fully saturated rings. The number of carbonyl (C=O) groups is 3. The van der Waals surface area contributed by atoms with E-state index < -0.39 is 11.9 Å². The first-order chi connectivity index (χ1) is 17.8. The number of benzene rings is 2. The molecule has 0 unspecified atom stereocenters. The van der Waals surface area contributed by atoms with Gasteiger partial charge in [-0.1, -0.05) is 30.2 Å². The number of piperidine rings is 1. The molecule has 172 valence electrons. The molecule has 0 spiro atoms. The number of amides is 3. The van der Waals surface area contributed by atoms with Gasteiger partial charge in [-0.15, -0.1) is 0 Å². The van der Waals surface area contributed by atoms with Gasteiger partial charge in [0.1, 0.15) is 6.04 Å². The van der Waals surface area contributed by atoms with Crippen molar-refractivity contribution < 1.29 is 24.6 Å². The van der Waals surface area contributed by atoms with E-state index in [9.17, 15) is 14.4 Å². The van der Waals surface area contributed by atoms with Crippen molar-refractivity contribution in [2.75, 3.05) is 31.6 Å². The highest BCUT2D eigenvalue weighted by Crippen LogP contribution is 2.32. The van der Waals surface area contributed by atoms with Crippen molar-refractivity contribution in [2.24, 2.45) is 0 Å². The van der Waals surface area contributed by atoms with Gasteiger partial charge in [0, 0.05) is 56.0 Å². The van der Waals surface area contributed by atoms with Crippen molar-refractivity contribution in [3.8, 4) is 0 Å². The van der Waals surface area contributed by atoms with Gasteiger partial charge in [-0.3, -0.25) is 24.6 Å². The van der Waals surface area contributed by atoms with Crippen LogP contribution in [0.4, 0.5) is 5.69 Å². The van der Waals surface area contributed by atoms with Gasteiger partial charge in [-0.25, -0.2) is 0 Å². The van der Waals surface area contributed by atoms with E-state index in [1.807, 2.05) is 0 Å². The predicted molar refractivity (Wildman–Crippen MR) is 122 cm³/mol. The van der Waals surface area contributed by atoms with Gasteiger partial charge in [0.15, 0.2) is 0 Å². The Balaban J connectivity index is 1.35. The van der Waals surface area contributed by atoms with Gasteiger partial charge in [-0.2, -0.15) is 0 Å². The molecule has 0 aromatic heterocycles. The van der Waals surface area contributed by atoms with E-state index in [0.717, 1.165) is 0 Å². The fraction of sp³-hybridized carbons (Fsp3) is 0.400. The number of nitrogens with zero attached hydrogens (tertiary/aromatic N) is 2. The summed E-state index contributed by atoms with van der Waals surface area (Å²) in [5.41, 5.74) is 2.37. The molecule has 0 saturated carbocycles. The average Bonchev–Trinajstić information content (AvgIpc) is 3.23. The van der Waals surface area contributed by atoms with E-state index in [2.05, 4.69) is 15.5 Å². The molecule has 8 heteroatoms. The SMILES string of the molecule is [2H]c1c([2H])c(CN2CCOCC2)c([2H])c([2H])c1CNc1cccc2c1CN([C@H]1CCC(=O)NC1=O)C2=O. The van der Waals surface area contributed by atoms with Crippen LogP contribution in [0.2, 0.25) is 0 Å². The lowest BCUT2D eigenvalue weighted by Crippen LogP contribution is -2.52. The van der Waals surface area contributed by atoms with Crippen LogP contribution < -0.4 is 10.6 Å². The van der Waals surface area contributed by atoms with Gasteiger partial charge >= 0.3 is 0 Å². The standard InChI is InChI=1S/C25H28N4O4/c30-23-9-8-22(24(31)27-23)29-16-20-19(25(29)32)2-1-3-21(20)26-14-17-4-6-18(7-5-17)15-28-10-12-33-13-11-28/h1-7,22,26H,8-16H2,(H,27,30,31)/t22-/m0/s1/i4D,5D,6D,7D. The maximum Gasteiger partial charge on any atom is 0.255 e. The number of ether oxygens (including phenoxy) is 1. The number of carbonyl (C=O) groups excluding carboxylic acids is 3. The Hall–Kier alpha value is -3.23. The maximum absolute atomic E-state index is 13.1. The largest absolute Gasteiger partial charge is 0.381 e. The first kappa shape index (κ1) is 17.3. The highest BCUT2D eigenvalue weighted by molar-refractivity contribution is 6.06. The molecule has 3 heterocycles. The second-order valence-electron chi connectivity index (χ2n) is 8.43. The molecule has 3 amide bonds. The Morgan fingerprint density at radius 3 is 2.61 bits per heavy atom. The highest BCUT2D eigenvalue weighted by Gasteiger charge is 2.39. The smallest absolute Gasteiger partial charge is 0.255 e. The summed E-state index contributed by atoms with van der Waals surface area (Å²) in [7, 11) is 0. The van der Waals surface area contributed by atoms with Crippen LogP contribution in [0.5, 0.6) is 0 Å². The number of hydrogen-bond acceptors (Lipinski definition) is 6. The van der Waals surface area contributed by atoms with Gasteiger partial charge in [0.2, 0.25) is 11.8 Å². The van der Waals surface area contributed by atoms with Crippen molar-refractivity contribution in [3.05, 3.63) is 64.6 Å². The molecule has 0 aliphatic carbocycles. The fourth-order valence-electron chi connectivity index (χ4n) is 4.45. The van der Waals surface area contributed by atoms with E-state index in [1.54, 1.807) is 18.2 Å². The van der Waals surface area contributed by atoms with Crippen molar-refractivity contribution in [1.29, 1.82) is 0 Å². The molecule has 2 N–H and O–H groups in total. The van der Waals surface area contributed by atoms with E-state index in [-0.39, 0.29) is 67.5 Å². The molecule has 8 nitrogen and oxygen atoms in total. The number of nitrogens with one attached hydrogen (secondary N) is 2. The molecule has 0 bridgehead atoms. The lowest BCUT2D eigenvalue weighted by molar-refractivity contribution is -0.136. The zero-order chi connectivity index (χ0) is 26.3. The van der Waals surface area contributed by atoms with Gasteiger partial charge in [0.25, 0.3) is 5.91 Å². The van der Waals surface area contributed by atoms with Gasteiger partial charge in [0.05, 0.1) is 18.7 Å². The Morgan fingerprint density at radius 2 is 1.85 bits per heavy atom. The summed E-state index contributed by atoms with van der Waals surface area (Å²) in [6.07, 6.45) is 0.444. The Bertz CT molecular complexity index is 1250. The van der Waals surface area contributed by atoms with Crippen molar-refractivity contribution >= 4 is 23.4 Å². The Labute approximate surface area is 198 Å². The number of anilines is 1. The number of hydrogen-bond donors (Lipinski definition) is 2. The van der Waals surface area contributed by atoms with Crippen LogP contribution in [-0.4, -0.2) is 59.9 Å². The normalized spacial score (nSPS) is 22.8. The lowest BCUT2D eigenvalue weighted by Gasteiger charge is -2.29. The van der Waals surface area contributed by atoms with E-state index in [0.29, 0.717) is 55.2 Å². The Kier molecular flexibility index (Phi) is 4.88. The third kappa shape index (κ3) is 4.62. The minimum Gasteiger partial charge on any atom is -0.381 e. The van der Waals surface area contributed by atoms with Crippen LogP contribution in [0.3, 0.4) is 0 Å². The first-order valence-corrected chi connectivity index (χ1v) is 11.1. The van der Waals surface area contributed by atoms with Crippen molar-refractivity contribution in [2.45, 2.75) is 38.5 Å². The number of imide groups is 1. The first-order valence-electron chi connectivity index (χ1n) is 13.1. The van der Waals surface area contributed by atoms with E-state index in [4.69, 9.17) is 10.2 Å². The predicted octanol–water partition coefficient (Wildman–Crippen LogP) is 1.89. The average molecular weight is 453 g/mol. The molecule has 33 heavy (non-hydrogen) atoms. The zero-order valence-electron chi connectivity index (χ0n) is 22.2. The van der Waals surface area contributed by atoms with Crippen LogP contribution in [0, 0.1) is 0 Å². The molecule has 3 aliphatic heterocycles. The number of rotatable bonds is 6. The minimum atomic E-state index is -0.721. The molecule has 1 atom stereocenters. The third-order valence-corrected chi connectivity index (χ3v) is 6.25. The summed E-state index contributed by atoms with van der Waals surface area (Å²) < 4.78 is 39.4. The zero-order valence-corrected chi connectivity index (χ0v) is 18.2. The highest BCUT2D eigenvalue weighted by atomic mass is 16.5. The second-order valence-corrected chi connectivity index (χ2v) is 8.43. The summed E-state index contributed by atoms with van der Waals surface area (Å²) in [5.74, 6) is -1.11. The lowest BCUT2D eigenvalue weighted by atomic mass is 10.0. The molecular weight excluding hydrogens is 420 g/mol. The molecule has 2 saturated heterocycles. The second kappa shape index (κ2) is 9.33. The molecule has 3 aliphatic rings. The molecule has 0 radical (unpaired) electrons. The van der Waals surface area contributed by atoms with Crippen LogP contribution >= 0.6 is 0 Å². The van der Waals surface area contributed by atoms with Crippen LogP contribution in [0.25, 0.3) is 0 Å². The maximum atomic E-state index is 13.1. The fourth-order valence-corrected chi connectivity index (χ4v) is 4.45. The van der Waals surface area contributed by atoms with Crippen molar-refractivity contribution in [1.82, 2.24) is 15.1 Å². The molecule has 2 aromatic rings. The van der Waals surface area contributed by atoms with Crippen LogP contribution in [0.15, 0.2) is 42.4 Å². The van der Waals surface area contributed by atoms with Gasteiger partial charge < -0.3 is 15.0 Å².